The minimum absolute atomic E-state index is 0.318. The van der Waals surface area contributed by atoms with Crippen LogP contribution in [0.25, 0.3) is 11.3 Å². The van der Waals surface area contributed by atoms with E-state index >= 15 is 0 Å². The number of anilines is 1. The van der Waals surface area contributed by atoms with Crippen molar-refractivity contribution in [3.05, 3.63) is 29.1 Å². The highest BCUT2D eigenvalue weighted by atomic mass is 32.1. The molecule has 0 saturated heterocycles. The van der Waals surface area contributed by atoms with Crippen molar-refractivity contribution in [1.29, 1.82) is 0 Å². The Morgan fingerprint density at radius 1 is 1.37 bits per heavy atom. The summed E-state index contributed by atoms with van der Waals surface area (Å²) >= 11 is 1.13. The number of nitrogens with two attached hydrogens (primary N) is 1. The highest BCUT2D eigenvalue weighted by molar-refractivity contribution is 7.17. The maximum absolute atomic E-state index is 11.8. The third-order valence-corrected chi connectivity index (χ3v) is 3.33. The molecule has 19 heavy (non-hydrogen) atoms. The monoisotopic (exact) mass is 278 g/mol. The maximum atomic E-state index is 11.8. The minimum Gasteiger partial charge on any atom is -0.497 e. The van der Waals surface area contributed by atoms with Gasteiger partial charge in [0.1, 0.15) is 10.6 Å². The van der Waals surface area contributed by atoms with Crippen LogP contribution in [0.5, 0.6) is 5.75 Å². The molecule has 0 radical (unpaired) electrons. The van der Waals surface area contributed by atoms with Crippen LogP contribution in [0.2, 0.25) is 0 Å². The Morgan fingerprint density at radius 2 is 2.05 bits per heavy atom. The number of carbonyl (C=O) groups is 1. The molecule has 2 N–H and O–H groups in total. The highest BCUT2D eigenvalue weighted by Gasteiger charge is 2.19. The van der Waals surface area contributed by atoms with Crippen LogP contribution in [-0.2, 0) is 4.74 Å². The quantitative estimate of drug-likeness (QED) is 0.870. The second-order valence-corrected chi connectivity index (χ2v) is 4.71. The largest absolute Gasteiger partial charge is 0.497 e. The number of aromatic nitrogens is 1. The summed E-state index contributed by atoms with van der Waals surface area (Å²) in [6.45, 7) is 2.08. The first-order valence-electron chi connectivity index (χ1n) is 5.73. The number of methoxy groups -OCH3 is 1. The number of carbonyl (C=O) groups excluding carboxylic acids is 1. The zero-order valence-electron chi connectivity index (χ0n) is 10.7. The molecule has 2 rings (SSSR count). The molecular formula is C13H14N2O3S. The van der Waals surface area contributed by atoms with Gasteiger partial charge in [-0.05, 0) is 31.2 Å². The zero-order valence-corrected chi connectivity index (χ0v) is 11.5. The van der Waals surface area contributed by atoms with Crippen LogP contribution in [0.3, 0.4) is 0 Å². The second kappa shape index (κ2) is 5.71. The van der Waals surface area contributed by atoms with E-state index in [-0.39, 0.29) is 0 Å². The summed E-state index contributed by atoms with van der Waals surface area (Å²) < 4.78 is 10.1. The van der Waals surface area contributed by atoms with E-state index in [0.29, 0.717) is 22.3 Å². The van der Waals surface area contributed by atoms with E-state index in [2.05, 4.69) is 4.98 Å². The number of nitrogen functional groups attached to an aromatic ring is 1. The smallest absolute Gasteiger partial charge is 0.350 e. The number of hydrogen-bond donors (Lipinski definition) is 1. The summed E-state index contributed by atoms with van der Waals surface area (Å²) in [4.78, 5) is 16.5. The molecule has 6 heteroatoms. The summed E-state index contributed by atoms with van der Waals surface area (Å²) in [5, 5.41) is 0.342. The van der Waals surface area contributed by atoms with Crippen molar-refractivity contribution in [1.82, 2.24) is 4.98 Å². The molecule has 0 fully saturated rings. The second-order valence-electron chi connectivity index (χ2n) is 3.68. The van der Waals surface area contributed by atoms with Gasteiger partial charge in [0, 0.05) is 5.56 Å². The van der Waals surface area contributed by atoms with Crippen LogP contribution >= 0.6 is 11.3 Å². The lowest BCUT2D eigenvalue weighted by molar-refractivity contribution is 0.0532. The van der Waals surface area contributed by atoms with Crippen molar-refractivity contribution >= 4 is 22.4 Å². The standard InChI is InChI=1S/C13H14N2O3S/c1-3-18-12(16)11-10(15-13(14)19-11)8-4-6-9(17-2)7-5-8/h4-7H,3H2,1-2H3,(H2,14,15). The topological polar surface area (TPSA) is 74.4 Å². The Balaban J connectivity index is 2.40. The highest BCUT2D eigenvalue weighted by Crippen LogP contribution is 2.31. The van der Waals surface area contributed by atoms with Gasteiger partial charge in [0.05, 0.1) is 19.4 Å². The van der Waals surface area contributed by atoms with Gasteiger partial charge in [-0.2, -0.15) is 0 Å². The third kappa shape index (κ3) is 2.85. The van der Waals surface area contributed by atoms with E-state index in [1.54, 1.807) is 26.2 Å². The molecule has 0 aliphatic rings. The first kappa shape index (κ1) is 13.4. The molecular weight excluding hydrogens is 264 g/mol. The average molecular weight is 278 g/mol. The van der Waals surface area contributed by atoms with Crippen molar-refractivity contribution in [2.75, 3.05) is 19.5 Å². The predicted octanol–water partition coefficient (Wildman–Crippen LogP) is 2.58. The Morgan fingerprint density at radius 3 is 2.63 bits per heavy atom. The van der Waals surface area contributed by atoms with Crippen LogP contribution < -0.4 is 10.5 Å². The average Bonchev–Trinajstić information content (AvgIpc) is 2.81. The number of nitrogens with zero attached hydrogens (tertiary/aromatic N) is 1. The first-order valence-corrected chi connectivity index (χ1v) is 6.55. The molecule has 100 valence electrons. The van der Waals surface area contributed by atoms with E-state index in [1.807, 2.05) is 12.1 Å². The number of ether oxygens (including phenoxy) is 2. The van der Waals surface area contributed by atoms with Gasteiger partial charge in [0.15, 0.2) is 5.13 Å². The normalized spacial score (nSPS) is 10.2. The van der Waals surface area contributed by atoms with Crippen molar-refractivity contribution in [2.45, 2.75) is 6.92 Å². The van der Waals surface area contributed by atoms with E-state index in [4.69, 9.17) is 15.2 Å². The maximum Gasteiger partial charge on any atom is 0.350 e. The number of rotatable bonds is 4. The number of esters is 1. The number of hydrogen-bond acceptors (Lipinski definition) is 6. The van der Waals surface area contributed by atoms with Crippen LogP contribution in [-0.4, -0.2) is 24.7 Å². The fraction of sp³-hybridized carbons (Fsp3) is 0.231. The molecule has 0 atom stereocenters. The Kier molecular flexibility index (Phi) is 4.01. The number of thiazole rings is 1. The summed E-state index contributed by atoms with van der Waals surface area (Å²) in [5.74, 6) is 0.340. The van der Waals surface area contributed by atoms with Gasteiger partial charge in [0.2, 0.25) is 0 Å². The molecule has 0 aliphatic heterocycles. The fourth-order valence-corrected chi connectivity index (χ4v) is 2.36. The fourth-order valence-electron chi connectivity index (χ4n) is 1.62. The lowest BCUT2D eigenvalue weighted by atomic mass is 10.1. The van der Waals surface area contributed by atoms with E-state index in [1.165, 1.54) is 0 Å². The predicted molar refractivity (Wildman–Crippen MR) is 74.5 cm³/mol. The molecule has 0 unspecified atom stereocenters. The van der Waals surface area contributed by atoms with Crippen LogP contribution in [0.1, 0.15) is 16.6 Å². The van der Waals surface area contributed by atoms with Crippen LogP contribution in [0.4, 0.5) is 5.13 Å². The van der Waals surface area contributed by atoms with Gasteiger partial charge in [-0.1, -0.05) is 11.3 Å². The Labute approximate surface area is 115 Å². The van der Waals surface area contributed by atoms with Gasteiger partial charge in [-0.15, -0.1) is 0 Å². The Bertz CT molecular complexity index is 578. The third-order valence-electron chi connectivity index (χ3n) is 2.47. The summed E-state index contributed by atoms with van der Waals surface area (Å²) in [6, 6.07) is 7.27. The van der Waals surface area contributed by atoms with Gasteiger partial charge in [-0.25, -0.2) is 9.78 Å². The number of benzene rings is 1. The van der Waals surface area contributed by atoms with Crippen molar-refractivity contribution < 1.29 is 14.3 Å². The van der Waals surface area contributed by atoms with E-state index in [9.17, 15) is 4.79 Å². The first-order chi connectivity index (χ1) is 9.15. The molecule has 0 amide bonds. The van der Waals surface area contributed by atoms with E-state index in [0.717, 1.165) is 22.6 Å². The molecule has 1 aromatic carbocycles. The van der Waals surface area contributed by atoms with Crippen LogP contribution in [0, 0.1) is 0 Å². The molecule has 1 heterocycles. The van der Waals surface area contributed by atoms with Crippen molar-refractivity contribution in [2.24, 2.45) is 0 Å². The molecule has 5 nitrogen and oxygen atoms in total. The zero-order chi connectivity index (χ0) is 13.8. The minimum atomic E-state index is -0.400. The van der Waals surface area contributed by atoms with Gasteiger partial charge < -0.3 is 15.2 Å². The molecule has 2 aromatic rings. The van der Waals surface area contributed by atoms with E-state index < -0.39 is 5.97 Å². The molecule has 0 bridgehead atoms. The summed E-state index contributed by atoms with van der Waals surface area (Å²) in [7, 11) is 1.60. The van der Waals surface area contributed by atoms with Gasteiger partial charge in [0.25, 0.3) is 0 Å². The van der Waals surface area contributed by atoms with Gasteiger partial charge >= 0.3 is 5.97 Å². The molecule has 0 saturated carbocycles. The lowest BCUT2D eigenvalue weighted by Crippen LogP contribution is -2.03. The molecule has 0 spiro atoms. The Hall–Kier alpha value is -2.08. The van der Waals surface area contributed by atoms with Crippen molar-refractivity contribution in [3.63, 3.8) is 0 Å². The summed E-state index contributed by atoms with van der Waals surface area (Å²) in [5.41, 5.74) is 7.03. The lowest BCUT2D eigenvalue weighted by Gasteiger charge is -2.03. The van der Waals surface area contributed by atoms with Crippen molar-refractivity contribution in [3.8, 4) is 17.0 Å². The SMILES string of the molecule is CCOC(=O)c1sc(N)nc1-c1ccc(OC)cc1. The molecule has 1 aromatic heterocycles. The van der Waals surface area contributed by atoms with Gasteiger partial charge in [-0.3, -0.25) is 0 Å². The summed E-state index contributed by atoms with van der Waals surface area (Å²) in [6.07, 6.45) is 0. The van der Waals surface area contributed by atoms with Crippen LogP contribution in [0.15, 0.2) is 24.3 Å². The molecule has 0 aliphatic carbocycles.